The van der Waals surface area contributed by atoms with Gasteiger partial charge >= 0.3 is 0 Å². The summed E-state index contributed by atoms with van der Waals surface area (Å²) in [6, 6.07) is 12.9. The van der Waals surface area contributed by atoms with Crippen LogP contribution in [0.5, 0.6) is 17.2 Å². The third kappa shape index (κ3) is 4.70. The van der Waals surface area contributed by atoms with Gasteiger partial charge in [-0.3, -0.25) is 14.9 Å². The maximum Gasteiger partial charge on any atom is 0.257 e. The molecule has 1 unspecified atom stereocenters. The monoisotopic (exact) mass is 479 g/mol. The minimum atomic E-state index is -0.304. The topological polar surface area (TPSA) is 98.8 Å². The lowest BCUT2D eigenvalue weighted by molar-refractivity contribution is -0.122. The van der Waals surface area contributed by atoms with Gasteiger partial charge in [-0.2, -0.15) is 0 Å². The first kappa shape index (κ1) is 22.2. The van der Waals surface area contributed by atoms with Crippen LogP contribution in [-0.4, -0.2) is 37.2 Å². The van der Waals surface area contributed by atoms with Crippen molar-refractivity contribution >= 4 is 28.3 Å². The summed E-state index contributed by atoms with van der Waals surface area (Å²) < 4.78 is 15.9. The standard InChI is InChI=1S/C25H25N3O5S/c1-31-17-5-2-4-15(12-17)10-11-26-24(30)18-6-3-7-21-22(18)27-25(34-21)28-23(29)16-8-9-19-20(13-16)33-14-32-19/h2,4-5,8-9,12-13,18H,3,6-7,10-11,14H2,1H3,(H,26,30)(H,27,28,29). The number of methoxy groups -OCH3 is 1. The van der Waals surface area contributed by atoms with Crippen molar-refractivity contribution in [1.29, 1.82) is 0 Å². The molecule has 0 saturated heterocycles. The fraction of sp³-hybridized carbons (Fsp3) is 0.320. The van der Waals surface area contributed by atoms with Gasteiger partial charge < -0.3 is 19.5 Å². The lowest BCUT2D eigenvalue weighted by Crippen LogP contribution is -2.32. The number of benzene rings is 2. The van der Waals surface area contributed by atoms with Crippen molar-refractivity contribution in [1.82, 2.24) is 10.3 Å². The summed E-state index contributed by atoms with van der Waals surface area (Å²) in [5.74, 6) is 1.38. The Hall–Kier alpha value is -3.59. The number of rotatable bonds is 7. The first-order valence-electron chi connectivity index (χ1n) is 11.2. The minimum absolute atomic E-state index is 0.0252. The average Bonchev–Trinajstić information content (AvgIpc) is 3.49. The van der Waals surface area contributed by atoms with E-state index in [0.717, 1.165) is 47.6 Å². The summed E-state index contributed by atoms with van der Waals surface area (Å²) in [5, 5.41) is 6.42. The third-order valence-electron chi connectivity index (χ3n) is 5.97. The van der Waals surface area contributed by atoms with Crippen molar-refractivity contribution in [3.05, 3.63) is 64.2 Å². The molecule has 2 heterocycles. The first-order chi connectivity index (χ1) is 16.6. The summed E-state index contributed by atoms with van der Waals surface area (Å²) >= 11 is 1.44. The van der Waals surface area contributed by atoms with Gasteiger partial charge in [-0.1, -0.05) is 12.1 Å². The molecule has 1 aliphatic carbocycles. The van der Waals surface area contributed by atoms with Crippen molar-refractivity contribution in [2.24, 2.45) is 0 Å². The van der Waals surface area contributed by atoms with Gasteiger partial charge in [0.05, 0.1) is 18.7 Å². The second kappa shape index (κ2) is 9.72. The molecule has 1 atom stereocenters. The van der Waals surface area contributed by atoms with Crippen molar-refractivity contribution in [3.63, 3.8) is 0 Å². The second-order valence-corrected chi connectivity index (χ2v) is 9.27. The Labute approximate surface area is 201 Å². The summed E-state index contributed by atoms with van der Waals surface area (Å²) in [5.41, 5.74) is 2.34. The number of nitrogens with one attached hydrogen (secondary N) is 2. The molecule has 0 bridgehead atoms. The van der Waals surface area contributed by atoms with E-state index in [4.69, 9.17) is 14.2 Å². The van der Waals surface area contributed by atoms with E-state index in [1.807, 2.05) is 24.3 Å². The van der Waals surface area contributed by atoms with E-state index in [1.165, 1.54) is 11.3 Å². The Balaban J connectivity index is 1.22. The molecule has 0 spiro atoms. The fourth-order valence-electron chi connectivity index (χ4n) is 4.22. The number of anilines is 1. The lowest BCUT2D eigenvalue weighted by atomic mass is 9.90. The first-order valence-corrected chi connectivity index (χ1v) is 12.0. The Morgan fingerprint density at radius 2 is 2.06 bits per heavy atom. The molecule has 2 N–H and O–H groups in total. The van der Waals surface area contributed by atoms with Gasteiger partial charge in [-0.05, 0) is 61.6 Å². The molecule has 176 valence electrons. The number of aromatic nitrogens is 1. The van der Waals surface area contributed by atoms with E-state index in [2.05, 4.69) is 15.6 Å². The Morgan fingerprint density at radius 3 is 2.94 bits per heavy atom. The van der Waals surface area contributed by atoms with Crippen LogP contribution in [0.2, 0.25) is 0 Å². The van der Waals surface area contributed by atoms with Crippen molar-refractivity contribution < 1.29 is 23.8 Å². The molecule has 9 heteroatoms. The van der Waals surface area contributed by atoms with Gasteiger partial charge in [0, 0.05) is 17.0 Å². The Kier molecular flexibility index (Phi) is 6.35. The van der Waals surface area contributed by atoms with E-state index in [9.17, 15) is 9.59 Å². The normalized spacial score (nSPS) is 16.0. The van der Waals surface area contributed by atoms with E-state index in [0.29, 0.717) is 28.7 Å². The number of carbonyl (C=O) groups excluding carboxylic acids is 2. The Bertz CT molecular complexity index is 1230. The number of hydrogen-bond acceptors (Lipinski definition) is 7. The molecule has 0 saturated carbocycles. The predicted octanol–water partition coefficient (Wildman–Crippen LogP) is 3.91. The van der Waals surface area contributed by atoms with E-state index in [-0.39, 0.29) is 24.5 Å². The average molecular weight is 480 g/mol. The van der Waals surface area contributed by atoms with Gasteiger partial charge in [0.25, 0.3) is 5.91 Å². The zero-order valence-corrected chi connectivity index (χ0v) is 19.6. The van der Waals surface area contributed by atoms with Crippen molar-refractivity contribution in [2.75, 3.05) is 25.8 Å². The fourth-order valence-corrected chi connectivity index (χ4v) is 5.28. The highest BCUT2D eigenvalue weighted by atomic mass is 32.1. The van der Waals surface area contributed by atoms with Crippen molar-refractivity contribution in [3.8, 4) is 17.2 Å². The maximum absolute atomic E-state index is 13.0. The van der Waals surface area contributed by atoms with Crippen molar-refractivity contribution in [2.45, 2.75) is 31.6 Å². The third-order valence-corrected chi connectivity index (χ3v) is 7.02. The van der Waals surface area contributed by atoms with Crippen LogP contribution >= 0.6 is 11.3 Å². The number of carbonyl (C=O) groups is 2. The van der Waals surface area contributed by atoms with Gasteiger partial charge in [0.15, 0.2) is 16.6 Å². The molecule has 1 aromatic heterocycles. The SMILES string of the molecule is COc1cccc(CCNC(=O)C2CCCc3sc(NC(=O)c4ccc5c(c4)OCO5)nc32)c1. The maximum atomic E-state index is 13.0. The number of fused-ring (bicyclic) bond motifs is 2. The van der Waals surface area contributed by atoms with E-state index < -0.39 is 0 Å². The van der Waals surface area contributed by atoms with Crippen LogP contribution in [-0.2, 0) is 17.6 Å². The van der Waals surface area contributed by atoms with Gasteiger partial charge in [-0.25, -0.2) is 4.98 Å². The largest absolute Gasteiger partial charge is 0.497 e. The second-order valence-electron chi connectivity index (χ2n) is 8.19. The minimum Gasteiger partial charge on any atom is -0.497 e. The molecule has 0 fully saturated rings. The number of amides is 2. The highest BCUT2D eigenvalue weighted by molar-refractivity contribution is 7.16. The Morgan fingerprint density at radius 1 is 1.18 bits per heavy atom. The molecule has 2 aromatic carbocycles. The zero-order valence-electron chi connectivity index (χ0n) is 18.8. The molecule has 2 amide bonds. The summed E-state index contributed by atoms with van der Waals surface area (Å²) in [6.45, 7) is 0.693. The van der Waals surface area contributed by atoms with Crippen LogP contribution in [0.4, 0.5) is 5.13 Å². The number of thiazole rings is 1. The van der Waals surface area contributed by atoms with Gasteiger partial charge in [0.1, 0.15) is 5.75 Å². The summed E-state index contributed by atoms with van der Waals surface area (Å²) in [7, 11) is 1.64. The van der Waals surface area contributed by atoms with Crippen LogP contribution in [0, 0.1) is 0 Å². The lowest BCUT2D eigenvalue weighted by Gasteiger charge is -2.20. The van der Waals surface area contributed by atoms with Crippen LogP contribution in [0.3, 0.4) is 0 Å². The summed E-state index contributed by atoms with van der Waals surface area (Å²) in [6.07, 6.45) is 3.24. The van der Waals surface area contributed by atoms with Crippen LogP contribution in [0.1, 0.15) is 45.3 Å². The predicted molar refractivity (Wildman–Crippen MR) is 128 cm³/mol. The number of hydrogen-bond donors (Lipinski definition) is 2. The highest BCUT2D eigenvalue weighted by Gasteiger charge is 2.30. The molecule has 34 heavy (non-hydrogen) atoms. The molecule has 3 aromatic rings. The molecule has 0 radical (unpaired) electrons. The zero-order chi connectivity index (χ0) is 23.5. The molecular weight excluding hydrogens is 454 g/mol. The van der Waals surface area contributed by atoms with E-state index >= 15 is 0 Å². The smallest absolute Gasteiger partial charge is 0.257 e. The number of aryl methyl sites for hydroxylation is 1. The van der Waals surface area contributed by atoms with Gasteiger partial charge in [0.2, 0.25) is 12.7 Å². The molecule has 1 aliphatic heterocycles. The van der Waals surface area contributed by atoms with Gasteiger partial charge in [-0.15, -0.1) is 11.3 Å². The highest BCUT2D eigenvalue weighted by Crippen LogP contribution is 2.37. The van der Waals surface area contributed by atoms with Crippen LogP contribution < -0.4 is 24.8 Å². The summed E-state index contributed by atoms with van der Waals surface area (Å²) in [4.78, 5) is 31.4. The van der Waals surface area contributed by atoms with E-state index in [1.54, 1.807) is 25.3 Å². The quantitative estimate of drug-likeness (QED) is 0.533. The number of ether oxygens (including phenoxy) is 3. The number of nitrogens with zero attached hydrogens (tertiary/aromatic N) is 1. The molecule has 5 rings (SSSR count). The molecular formula is C25H25N3O5S. The molecule has 8 nitrogen and oxygen atoms in total. The molecule has 2 aliphatic rings. The van der Waals surface area contributed by atoms with Crippen LogP contribution in [0.25, 0.3) is 0 Å². The van der Waals surface area contributed by atoms with Crippen LogP contribution in [0.15, 0.2) is 42.5 Å².